The molecule has 0 bridgehead atoms. The highest BCUT2D eigenvalue weighted by molar-refractivity contribution is 6.17. The lowest BCUT2D eigenvalue weighted by Gasteiger charge is -2.26. The van der Waals surface area contributed by atoms with Crippen LogP contribution in [0.5, 0.6) is 0 Å². The molecule has 2 aromatic heterocycles. The van der Waals surface area contributed by atoms with E-state index in [-0.39, 0.29) is 0 Å². The van der Waals surface area contributed by atoms with Gasteiger partial charge < -0.3 is 13.9 Å². The molecule has 268 valence electrons. The zero-order valence-corrected chi connectivity index (χ0v) is 31.1. The van der Waals surface area contributed by atoms with E-state index in [0.717, 1.165) is 61.3 Å². The smallest absolute Gasteiger partial charge is 0.161 e. The first kappa shape index (κ1) is 32.8. The van der Waals surface area contributed by atoms with E-state index in [1.165, 1.54) is 38.6 Å². The van der Waals surface area contributed by atoms with E-state index in [4.69, 9.17) is 4.42 Å². The van der Waals surface area contributed by atoms with Crippen molar-refractivity contribution in [3.05, 3.63) is 218 Å². The van der Waals surface area contributed by atoms with Gasteiger partial charge in [-0.1, -0.05) is 152 Å². The quantitative estimate of drug-likeness (QED) is 0.163. The van der Waals surface area contributed by atoms with Gasteiger partial charge in [0.05, 0.1) is 11.2 Å². The molecular formula is C54H36N2O. The second-order valence-corrected chi connectivity index (χ2v) is 14.5. The molecule has 9 aromatic carbocycles. The molecule has 11 aromatic rings. The minimum Gasteiger partial charge on any atom is -0.454 e. The van der Waals surface area contributed by atoms with Gasteiger partial charge in [-0.25, -0.2) is 0 Å². The minimum absolute atomic E-state index is 0.897. The average molecular weight is 729 g/mol. The number of hydrogen-bond donors (Lipinski definition) is 0. The van der Waals surface area contributed by atoms with Gasteiger partial charge in [-0.2, -0.15) is 0 Å². The number of nitrogens with zero attached hydrogens (tertiary/aromatic N) is 2. The van der Waals surface area contributed by atoms with E-state index in [1.54, 1.807) is 0 Å². The normalized spacial score (nSPS) is 11.5. The summed E-state index contributed by atoms with van der Waals surface area (Å²) in [6, 6.07) is 78.1. The molecule has 0 amide bonds. The molecule has 0 radical (unpaired) electrons. The fourth-order valence-corrected chi connectivity index (χ4v) is 8.52. The molecule has 0 fully saturated rings. The van der Waals surface area contributed by atoms with Crippen LogP contribution >= 0.6 is 0 Å². The van der Waals surface area contributed by atoms with E-state index in [0.29, 0.717) is 0 Å². The molecule has 0 saturated carbocycles. The molecule has 57 heavy (non-hydrogen) atoms. The molecule has 11 rings (SSSR count). The van der Waals surface area contributed by atoms with Crippen molar-refractivity contribution in [1.82, 2.24) is 4.57 Å². The van der Waals surface area contributed by atoms with Crippen molar-refractivity contribution in [3.8, 4) is 39.1 Å². The van der Waals surface area contributed by atoms with Crippen LogP contribution in [0.15, 0.2) is 223 Å². The molecule has 3 nitrogen and oxygen atoms in total. The minimum atomic E-state index is 0.897. The van der Waals surface area contributed by atoms with E-state index in [1.807, 2.05) is 6.07 Å². The highest BCUT2D eigenvalue weighted by Crippen LogP contribution is 2.43. The summed E-state index contributed by atoms with van der Waals surface area (Å²) in [5.41, 5.74) is 15.6. The summed E-state index contributed by atoms with van der Waals surface area (Å²) >= 11 is 0. The lowest BCUT2D eigenvalue weighted by molar-refractivity contribution is 0.673. The number of benzene rings is 9. The maximum absolute atomic E-state index is 6.51. The molecule has 0 atom stereocenters. The number of rotatable bonds is 7. The first-order valence-corrected chi connectivity index (χ1v) is 19.4. The maximum Gasteiger partial charge on any atom is 0.161 e. The van der Waals surface area contributed by atoms with Gasteiger partial charge in [-0.3, -0.25) is 0 Å². The Morgan fingerprint density at radius 1 is 0.351 bits per heavy atom. The topological polar surface area (TPSA) is 21.3 Å². The summed E-state index contributed by atoms with van der Waals surface area (Å²) < 4.78 is 8.90. The Balaban J connectivity index is 1.06. The molecule has 0 aliphatic carbocycles. The average Bonchev–Trinajstić information content (AvgIpc) is 3.82. The Morgan fingerprint density at radius 2 is 0.877 bits per heavy atom. The van der Waals surface area contributed by atoms with Crippen LogP contribution in [0.4, 0.5) is 17.1 Å². The second kappa shape index (κ2) is 13.6. The molecule has 0 N–H and O–H groups in total. The van der Waals surface area contributed by atoms with Crippen molar-refractivity contribution in [3.63, 3.8) is 0 Å². The Labute approximate surface area is 330 Å². The van der Waals surface area contributed by atoms with Crippen LogP contribution in [0.1, 0.15) is 0 Å². The summed E-state index contributed by atoms with van der Waals surface area (Å²) in [5.74, 6) is 0. The predicted octanol–water partition coefficient (Wildman–Crippen LogP) is 15.2. The Kier molecular flexibility index (Phi) is 7.82. The summed E-state index contributed by atoms with van der Waals surface area (Å²) in [4.78, 5) is 2.36. The van der Waals surface area contributed by atoms with Gasteiger partial charge in [0.2, 0.25) is 0 Å². The van der Waals surface area contributed by atoms with Crippen molar-refractivity contribution in [2.75, 3.05) is 4.90 Å². The Hall–Kier alpha value is -7.62. The van der Waals surface area contributed by atoms with Crippen molar-refractivity contribution >= 4 is 60.8 Å². The van der Waals surface area contributed by atoms with E-state index in [9.17, 15) is 0 Å². The lowest BCUT2D eigenvalue weighted by atomic mass is 9.96. The zero-order valence-electron chi connectivity index (χ0n) is 31.1. The van der Waals surface area contributed by atoms with Crippen LogP contribution in [-0.4, -0.2) is 4.57 Å². The van der Waals surface area contributed by atoms with Gasteiger partial charge in [0.1, 0.15) is 11.1 Å². The molecule has 0 spiro atoms. The second-order valence-electron chi connectivity index (χ2n) is 14.5. The molecule has 0 saturated heterocycles. The number of para-hydroxylation sites is 2. The number of anilines is 3. The SMILES string of the molecule is c1ccc(-c2ccc(N(c3ccc(-c4ccccc4)cc3)c3cccc(-c4ccc(-n5c6ccccc6c6oc7ccccc7c65)c5ccccc45)c3)cc2)cc1. The molecule has 2 heterocycles. The van der Waals surface area contributed by atoms with E-state index in [2.05, 4.69) is 222 Å². The fourth-order valence-electron chi connectivity index (χ4n) is 8.52. The van der Waals surface area contributed by atoms with Crippen LogP contribution < -0.4 is 4.90 Å². The predicted molar refractivity (Wildman–Crippen MR) is 239 cm³/mol. The van der Waals surface area contributed by atoms with Crippen LogP contribution in [0.25, 0.3) is 82.8 Å². The van der Waals surface area contributed by atoms with Crippen molar-refractivity contribution in [2.24, 2.45) is 0 Å². The largest absolute Gasteiger partial charge is 0.454 e. The van der Waals surface area contributed by atoms with Crippen molar-refractivity contribution in [2.45, 2.75) is 0 Å². The monoisotopic (exact) mass is 728 g/mol. The number of fused-ring (bicyclic) bond motifs is 6. The number of furan rings is 1. The van der Waals surface area contributed by atoms with Crippen LogP contribution in [0, 0.1) is 0 Å². The van der Waals surface area contributed by atoms with Crippen LogP contribution in [0.2, 0.25) is 0 Å². The first-order valence-electron chi connectivity index (χ1n) is 19.4. The number of aromatic nitrogens is 1. The zero-order chi connectivity index (χ0) is 37.7. The van der Waals surface area contributed by atoms with E-state index < -0.39 is 0 Å². The molecule has 3 heteroatoms. The van der Waals surface area contributed by atoms with Crippen LogP contribution in [-0.2, 0) is 0 Å². The first-order chi connectivity index (χ1) is 28.3. The standard InChI is InChI=1S/C54H36N2O/c1-3-14-37(15-4-1)39-26-30-42(31-27-39)55(43-32-28-40(29-33-43)38-16-5-2-6-17-38)44-19-13-18-41(36-44)45-34-35-51(47-21-8-7-20-46(45)47)56-50-24-11-9-22-48(50)54-53(56)49-23-10-12-25-52(49)57-54/h1-36H. The summed E-state index contributed by atoms with van der Waals surface area (Å²) in [6.07, 6.45) is 0. The highest BCUT2D eigenvalue weighted by atomic mass is 16.3. The Morgan fingerprint density at radius 3 is 1.54 bits per heavy atom. The Bertz CT molecular complexity index is 3120. The van der Waals surface area contributed by atoms with E-state index >= 15 is 0 Å². The highest BCUT2D eigenvalue weighted by Gasteiger charge is 2.21. The number of hydrogen-bond acceptors (Lipinski definition) is 2. The summed E-state index contributed by atoms with van der Waals surface area (Å²) in [6.45, 7) is 0. The summed E-state index contributed by atoms with van der Waals surface area (Å²) in [5, 5.41) is 4.59. The third-order valence-corrected chi connectivity index (χ3v) is 11.2. The summed E-state index contributed by atoms with van der Waals surface area (Å²) in [7, 11) is 0. The van der Waals surface area contributed by atoms with Gasteiger partial charge >= 0.3 is 0 Å². The van der Waals surface area contributed by atoms with Gasteiger partial charge in [0.25, 0.3) is 0 Å². The molecule has 0 unspecified atom stereocenters. The van der Waals surface area contributed by atoms with Gasteiger partial charge in [0.15, 0.2) is 5.58 Å². The third-order valence-electron chi connectivity index (χ3n) is 11.2. The van der Waals surface area contributed by atoms with Gasteiger partial charge in [-0.05, 0) is 105 Å². The lowest BCUT2D eigenvalue weighted by Crippen LogP contribution is -2.10. The van der Waals surface area contributed by atoms with Crippen molar-refractivity contribution < 1.29 is 4.42 Å². The molecule has 0 aliphatic heterocycles. The van der Waals surface area contributed by atoms with Gasteiger partial charge in [-0.15, -0.1) is 0 Å². The van der Waals surface area contributed by atoms with Gasteiger partial charge in [0, 0.05) is 33.2 Å². The molecule has 0 aliphatic rings. The fraction of sp³-hybridized carbons (Fsp3) is 0. The van der Waals surface area contributed by atoms with Crippen molar-refractivity contribution in [1.29, 1.82) is 0 Å². The van der Waals surface area contributed by atoms with Crippen LogP contribution in [0.3, 0.4) is 0 Å². The third kappa shape index (κ3) is 5.60. The molecular weight excluding hydrogens is 693 g/mol. The maximum atomic E-state index is 6.51.